The number of nitrogens with zero attached hydrogens (tertiary/aromatic N) is 1. The third-order valence-electron chi connectivity index (χ3n) is 4.37. The van der Waals surface area contributed by atoms with Gasteiger partial charge in [0, 0.05) is 24.2 Å². The lowest BCUT2D eigenvalue weighted by molar-refractivity contribution is 0.0904. The molecular formula is C15H21N. The third-order valence-corrected chi connectivity index (χ3v) is 4.37. The van der Waals surface area contributed by atoms with E-state index < -0.39 is 0 Å². The largest absolute Gasteiger partial charge is 0.370 e. The van der Waals surface area contributed by atoms with Crippen LogP contribution in [0.2, 0.25) is 0 Å². The number of anilines is 1. The van der Waals surface area contributed by atoms with Crippen molar-refractivity contribution >= 4 is 5.69 Å². The molecule has 1 saturated carbocycles. The molecule has 0 radical (unpaired) electrons. The van der Waals surface area contributed by atoms with E-state index in [1.54, 1.807) is 0 Å². The number of benzene rings is 1. The van der Waals surface area contributed by atoms with Gasteiger partial charge < -0.3 is 4.90 Å². The molecule has 0 amide bonds. The lowest BCUT2D eigenvalue weighted by atomic mass is 9.63. The Hall–Kier alpha value is -0.980. The molecule has 0 bridgehead atoms. The normalized spacial score (nSPS) is 22.1. The van der Waals surface area contributed by atoms with Crippen LogP contribution < -0.4 is 4.90 Å². The standard InChI is InChI=1S/C15H21N/c1-12(2)13-5-3-6-14(9-13)16-10-15(11-16)7-4-8-15/h3,5-6,9,12H,4,7-8,10-11H2,1-2H3. The Morgan fingerprint density at radius 1 is 1.19 bits per heavy atom. The number of hydrogen-bond acceptors (Lipinski definition) is 1. The van der Waals surface area contributed by atoms with E-state index in [4.69, 9.17) is 0 Å². The molecule has 1 nitrogen and oxygen atoms in total. The maximum atomic E-state index is 2.55. The molecule has 1 aliphatic heterocycles. The lowest BCUT2D eigenvalue weighted by Gasteiger charge is -2.57. The Morgan fingerprint density at radius 2 is 1.94 bits per heavy atom. The molecule has 0 atom stereocenters. The average molecular weight is 215 g/mol. The summed E-state index contributed by atoms with van der Waals surface area (Å²) in [7, 11) is 0. The van der Waals surface area contributed by atoms with E-state index in [1.165, 1.54) is 43.6 Å². The van der Waals surface area contributed by atoms with E-state index in [1.807, 2.05) is 0 Å². The first kappa shape index (κ1) is 10.2. The van der Waals surface area contributed by atoms with Crippen LogP contribution in [0.3, 0.4) is 0 Å². The van der Waals surface area contributed by atoms with Gasteiger partial charge in [0.05, 0.1) is 0 Å². The van der Waals surface area contributed by atoms with Crippen LogP contribution in [-0.4, -0.2) is 13.1 Å². The monoisotopic (exact) mass is 215 g/mol. The summed E-state index contributed by atoms with van der Waals surface area (Å²) in [4.78, 5) is 2.55. The summed E-state index contributed by atoms with van der Waals surface area (Å²) in [5, 5.41) is 0. The molecule has 2 fully saturated rings. The van der Waals surface area contributed by atoms with Gasteiger partial charge >= 0.3 is 0 Å². The molecule has 1 aromatic carbocycles. The van der Waals surface area contributed by atoms with Gasteiger partial charge in [-0.15, -0.1) is 0 Å². The van der Waals surface area contributed by atoms with Crippen LogP contribution in [-0.2, 0) is 0 Å². The highest BCUT2D eigenvalue weighted by Gasteiger charge is 2.47. The molecule has 1 spiro atoms. The van der Waals surface area contributed by atoms with Crippen molar-refractivity contribution in [3.05, 3.63) is 29.8 Å². The van der Waals surface area contributed by atoms with E-state index in [0.717, 1.165) is 5.41 Å². The smallest absolute Gasteiger partial charge is 0.0369 e. The zero-order valence-corrected chi connectivity index (χ0v) is 10.4. The minimum atomic E-state index is 0.638. The van der Waals surface area contributed by atoms with Crippen molar-refractivity contribution in [1.29, 1.82) is 0 Å². The lowest BCUT2D eigenvalue weighted by Crippen LogP contribution is -2.59. The van der Waals surface area contributed by atoms with E-state index >= 15 is 0 Å². The second kappa shape index (κ2) is 3.51. The fraction of sp³-hybridized carbons (Fsp3) is 0.600. The van der Waals surface area contributed by atoms with Gasteiger partial charge in [0.15, 0.2) is 0 Å². The first-order chi connectivity index (χ1) is 7.69. The second-order valence-corrected chi connectivity index (χ2v) is 5.96. The summed E-state index contributed by atoms with van der Waals surface area (Å²) < 4.78 is 0. The van der Waals surface area contributed by atoms with Crippen molar-refractivity contribution in [3.63, 3.8) is 0 Å². The fourth-order valence-electron chi connectivity index (χ4n) is 3.02. The van der Waals surface area contributed by atoms with Crippen molar-refractivity contribution in [1.82, 2.24) is 0 Å². The number of rotatable bonds is 2. The maximum Gasteiger partial charge on any atom is 0.0369 e. The van der Waals surface area contributed by atoms with Gasteiger partial charge in [-0.2, -0.15) is 0 Å². The zero-order valence-electron chi connectivity index (χ0n) is 10.4. The predicted molar refractivity (Wildman–Crippen MR) is 69.0 cm³/mol. The predicted octanol–water partition coefficient (Wildman–Crippen LogP) is 3.80. The minimum absolute atomic E-state index is 0.638. The molecule has 1 aliphatic carbocycles. The fourth-order valence-corrected chi connectivity index (χ4v) is 3.02. The molecule has 0 N–H and O–H groups in total. The molecule has 1 saturated heterocycles. The van der Waals surface area contributed by atoms with Crippen molar-refractivity contribution in [2.45, 2.75) is 39.0 Å². The topological polar surface area (TPSA) is 3.24 Å². The van der Waals surface area contributed by atoms with Crippen LogP contribution in [0.15, 0.2) is 24.3 Å². The van der Waals surface area contributed by atoms with Crippen LogP contribution in [0, 0.1) is 5.41 Å². The summed E-state index contributed by atoms with van der Waals surface area (Å²) in [6.45, 7) is 7.13. The molecule has 1 aromatic rings. The molecule has 1 heterocycles. The Morgan fingerprint density at radius 3 is 2.50 bits per heavy atom. The molecule has 0 unspecified atom stereocenters. The van der Waals surface area contributed by atoms with E-state index in [9.17, 15) is 0 Å². The summed E-state index contributed by atoms with van der Waals surface area (Å²) >= 11 is 0. The van der Waals surface area contributed by atoms with Gasteiger partial charge in [-0.05, 0) is 36.5 Å². The molecule has 2 aliphatic rings. The Bertz CT molecular complexity index is 382. The van der Waals surface area contributed by atoms with Crippen LogP contribution >= 0.6 is 0 Å². The van der Waals surface area contributed by atoms with Crippen LogP contribution in [0.25, 0.3) is 0 Å². The molecule has 0 aromatic heterocycles. The van der Waals surface area contributed by atoms with E-state index in [2.05, 4.69) is 43.0 Å². The molecule has 1 heteroatoms. The highest BCUT2D eigenvalue weighted by Crippen LogP contribution is 2.49. The van der Waals surface area contributed by atoms with Gasteiger partial charge in [-0.25, -0.2) is 0 Å². The summed E-state index contributed by atoms with van der Waals surface area (Å²) in [6, 6.07) is 9.08. The van der Waals surface area contributed by atoms with Crippen molar-refractivity contribution in [3.8, 4) is 0 Å². The quantitative estimate of drug-likeness (QED) is 0.725. The Balaban J connectivity index is 1.73. The van der Waals surface area contributed by atoms with Crippen LogP contribution in [0.4, 0.5) is 5.69 Å². The van der Waals surface area contributed by atoms with Gasteiger partial charge in [-0.3, -0.25) is 0 Å². The Kier molecular flexibility index (Phi) is 2.24. The van der Waals surface area contributed by atoms with E-state index in [0.29, 0.717) is 5.92 Å². The maximum absolute atomic E-state index is 2.55. The molecule has 16 heavy (non-hydrogen) atoms. The second-order valence-electron chi connectivity index (χ2n) is 5.96. The average Bonchev–Trinajstić information content (AvgIpc) is 2.14. The van der Waals surface area contributed by atoms with Gasteiger partial charge in [0.25, 0.3) is 0 Å². The SMILES string of the molecule is CC(C)c1cccc(N2CC3(CCC3)C2)c1. The van der Waals surface area contributed by atoms with Crippen molar-refractivity contribution < 1.29 is 0 Å². The first-order valence-electron chi connectivity index (χ1n) is 6.54. The molecular weight excluding hydrogens is 194 g/mol. The zero-order chi connectivity index (χ0) is 11.2. The Labute approximate surface area is 98.5 Å². The molecule has 86 valence electrons. The van der Waals surface area contributed by atoms with Crippen molar-refractivity contribution in [2.24, 2.45) is 5.41 Å². The number of hydrogen-bond donors (Lipinski definition) is 0. The third kappa shape index (κ3) is 1.53. The van der Waals surface area contributed by atoms with Crippen LogP contribution in [0.5, 0.6) is 0 Å². The first-order valence-corrected chi connectivity index (χ1v) is 6.54. The van der Waals surface area contributed by atoms with E-state index in [-0.39, 0.29) is 0 Å². The summed E-state index contributed by atoms with van der Waals surface area (Å²) in [6.07, 6.45) is 4.39. The highest BCUT2D eigenvalue weighted by molar-refractivity contribution is 5.52. The van der Waals surface area contributed by atoms with Crippen LogP contribution in [0.1, 0.15) is 44.6 Å². The molecule has 3 rings (SSSR count). The summed E-state index contributed by atoms with van der Waals surface area (Å²) in [5.74, 6) is 0.638. The van der Waals surface area contributed by atoms with Gasteiger partial charge in [0.2, 0.25) is 0 Å². The highest BCUT2D eigenvalue weighted by atomic mass is 15.2. The van der Waals surface area contributed by atoms with Gasteiger partial charge in [-0.1, -0.05) is 32.4 Å². The van der Waals surface area contributed by atoms with Gasteiger partial charge in [0.1, 0.15) is 0 Å². The van der Waals surface area contributed by atoms with Crippen molar-refractivity contribution in [2.75, 3.05) is 18.0 Å². The minimum Gasteiger partial charge on any atom is -0.370 e. The summed E-state index contributed by atoms with van der Waals surface area (Å²) in [5.41, 5.74) is 3.63.